The Morgan fingerprint density at radius 2 is 2.05 bits per heavy atom. The van der Waals surface area contributed by atoms with Crippen LogP contribution in [0.2, 0.25) is 0 Å². The van der Waals surface area contributed by atoms with Gasteiger partial charge in [0.05, 0.1) is 5.56 Å². The molecule has 2 aromatic rings. The van der Waals surface area contributed by atoms with Crippen LogP contribution in [-0.4, -0.2) is 17.0 Å². The number of benzene rings is 2. The minimum Gasteiger partial charge on any atom is -0.488 e. The van der Waals surface area contributed by atoms with Gasteiger partial charge in [-0.25, -0.2) is 4.79 Å². The van der Waals surface area contributed by atoms with E-state index in [1.807, 2.05) is 30.3 Å². The standard InChI is InChI=1S/C17H13ClO3/c18-8-7-14-13-4-2-1-3-12(13)10-21-16-6-5-11(17(19)20)9-15(14)16/h1-7,9H,8,10H2,(H,19,20)/b14-7+. The van der Waals surface area contributed by atoms with Crippen LogP contribution in [0.25, 0.3) is 5.57 Å². The lowest BCUT2D eigenvalue weighted by Crippen LogP contribution is -1.99. The second kappa shape index (κ2) is 5.62. The molecule has 0 saturated carbocycles. The number of allylic oxidation sites excluding steroid dienone is 1. The molecule has 0 bridgehead atoms. The van der Waals surface area contributed by atoms with Gasteiger partial charge in [-0.3, -0.25) is 0 Å². The topological polar surface area (TPSA) is 46.5 Å². The lowest BCUT2D eigenvalue weighted by Gasteiger charge is -2.10. The second-order valence-corrected chi connectivity index (χ2v) is 5.04. The van der Waals surface area contributed by atoms with Crippen molar-refractivity contribution in [3.05, 3.63) is 70.8 Å². The Labute approximate surface area is 127 Å². The minimum absolute atomic E-state index is 0.234. The van der Waals surface area contributed by atoms with Gasteiger partial charge in [-0.15, -0.1) is 11.6 Å². The van der Waals surface area contributed by atoms with Crippen molar-refractivity contribution in [2.45, 2.75) is 6.61 Å². The number of hydrogen-bond acceptors (Lipinski definition) is 2. The molecule has 0 fully saturated rings. The van der Waals surface area contributed by atoms with Gasteiger partial charge in [-0.1, -0.05) is 30.3 Å². The number of rotatable bonds is 2. The predicted molar refractivity (Wildman–Crippen MR) is 82.0 cm³/mol. The van der Waals surface area contributed by atoms with Crippen LogP contribution in [0.1, 0.15) is 27.0 Å². The Bertz CT molecular complexity index is 735. The van der Waals surface area contributed by atoms with E-state index in [-0.39, 0.29) is 5.56 Å². The van der Waals surface area contributed by atoms with Gasteiger partial charge >= 0.3 is 5.97 Å². The average Bonchev–Trinajstić information content (AvgIpc) is 2.65. The van der Waals surface area contributed by atoms with Gasteiger partial charge in [0.2, 0.25) is 0 Å². The van der Waals surface area contributed by atoms with E-state index >= 15 is 0 Å². The Kier molecular flexibility index (Phi) is 3.67. The number of carbonyl (C=O) groups is 1. The Morgan fingerprint density at radius 3 is 2.81 bits per heavy atom. The fraction of sp³-hybridized carbons (Fsp3) is 0.118. The monoisotopic (exact) mass is 300 g/mol. The maximum Gasteiger partial charge on any atom is 0.335 e. The third kappa shape index (κ3) is 2.52. The molecule has 0 aliphatic carbocycles. The van der Waals surface area contributed by atoms with E-state index in [1.165, 1.54) is 0 Å². The quantitative estimate of drug-likeness (QED) is 0.854. The summed E-state index contributed by atoms with van der Waals surface area (Å²) < 4.78 is 5.81. The van der Waals surface area contributed by atoms with Crippen LogP contribution in [0, 0.1) is 0 Å². The van der Waals surface area contributed by atoms with Crippen LogP contribution in [0.5, 0.6) is 5.75 Å². The molecule has 1 aliphatic heterocycles. The number of alkyl halides is 1. The summed E-state index contributed by atoms with van der Waals surface area (Å²) in [6.07, 6.45) is 1.89. The summed E-state index contributed by atoms with van der Waals surface area (Å²) in [4.78, 5) is 11.2. The van der Waals surface area contributed by atoms with Gasteiger partial charge in [0.1, 0.15) is 12.4 Å². The van der Waals surface area contributed by atoms with Crippen molar-refractivity contribution < 1.29 is 14.6 Å². The van der Waals surface area contributed by atoms with Crippen molar-refractivity contribution in [3.8, 4) is 5.75 Å². The van der Waals surface area contributed by atoms with E-state index in [0.29, 0.717) is 18.2 Å². The molecule has 0 radical (unpaired) electrons. The number of ether oxygens (including phenoxy) is 1. The van der Waals surface area contributed by atoms with Crippen LogP contribution in [0.3, 0.4) is 0 Å². The average molecular weight is 301 g/mol. The van der Waals surface area contributed by atoms with Gasteiger partial charge < -0.3 is 9.84 Å². The van der Waals surface area contributed by atoms with Crippen molar-refractivity contribution in [3.63, 3.8) is 0 Å². The van der Waals surface area contributed by atoms with E-state index < -0.39 is 5.97 Å². The van der Waals surface area contributed by atoms with Crippen molar-refractivity contribution >= 4 is 23.1 Å². The van der Waals surface area contributed by atoms with Gasteiger partial charge in [-0.05, 0) is 34.9 Å². The molecule has 1 heterocycles. The van der Waals surface area contributed by atoms with E-state index in [2.05, 4.69) is 0 Å². The largest absolute Gasteiger partial charge is 0.488 e. The predicted octanol–water partition coefficient (Wildman–Crippen LogP) is 3.95. The molecule has 4 heteroatoms. The van der Waals surface area contributed by atoms with Crippen LogP contribution in [0.4, 0.5) is 0 Å². The molecule has 106 valence electrons. The number of halogens is 1. The summed E-state index contributed by atoms with van der Waals surface area (Å²) in [6.45, 7) is 0.454. The normalized spacial score (nSPS) is 14.8. The molecular weight excluding hydrogens is 288 g/mol. The SMILES string of the molecule is O=C(O)c1ccc2c(c1)/C(=C/CCl)c1ccccc1CO2. The van der Waals surface area contributed by atoms with E-state index in [0.717, 1.165) is 22.3 Å². The Morgan fingerprint density at radius 1 is 1.24 bits per heavy atom. The fourth-order valence-electron chi connectivity index (χ4n) is 2.51. The van der Waals surface area contributed by atoms with Crippen LogP contribution >= 0.6 is 11.6 Å². The molecule has 0 amide bonds. The summed E-state index contributed by atoms with van der Waals surface area (Å²) in [5.41, 5.74) is 4.00. The first kappa shape index (κ1) is 13.7. The first-order valence-corrected chi connectivity index (χ1v) is 7.09. The molecular formula is C17H13ClO3. The molecule has 3 rings (SSSR count). The number of carboxylic acid groups (broad SMARTS) is 1. The van der Waals surface area contributed by atoms with Crippen LogP contribution in [0.15, 0.2) is 48.5 Å². The van der Waals surface area contributed by atoms with Crippen LogP contribution in [-0.2, 0) is 6.61 Å². The lowest BCUT2D eigenvalue weighted by atomic mass is 9.93. The molecule has 0 spiro atoms. The minimum atomic E-state index is -0.958. The highest BCUT2D eigenvalue weighted by molar-refractivity contribution is 6.19. The van der Waals surface area contributed by atoms with Crippen molar-refractivity contribution in [1.29, 1.82) is 0 Å². The van der Waals surface area contributed by atoms with Gasteiger partial charge in [0, 0.05) is 11.4 Å². The van der Waals surface area contributed by atoms with Crippen molar-refractivity contribution in [2.24, 2.45) is 0 Å². The van der Waals surface area contributed by atoms with E-state index in [1.54, 1.807) is 18.2 Å². The zero-order chi connectivity index (χ0) is 14.8. The Balaban J connectivity index is 2.24. The summed E-state index contributed by atoms with van der Waals surface area (Å²) in [7, 11) is 0. The van der Waals surface area contributed by atoms with Crippen molar-refractivity contribution in [2.75, 3.05) is 5.88 Å². The molecule has 0 unspecified atom stereocenters. The molecule has 21 heavy (non-hydrogen) atoms. The summed E-state index contributed by atoms with van der Waals surface area (Å²) >= 11 is 5.89. The molecule has 2 aromatic carbocycles. The first-order valence-electron chi connectivity index (χ1n) is 6.55. The molecule has 1 aliphatic rings. The number of aromatic carboxylic acids is 1. The highest BCUT2D eigenvalue weighted by atomic mass is 35.5. The molecule has 0 saturated heterocycles. The summed E-state index contributed by atoms with van der Waals surface area (Å²) in [5, 5.41) is 9.18. The summed E-state index contributed by atoms with van der Waals surface area (Å²) in [6, 6.07) is 12.8. The zero-order valence-electron chi connectivity index (χ0n) is 11.2. The third-order valence-electron chi connectivity index (χ3n) is 3.49. The van der Waals surface area contributed by atoms with Gasteiger partial charge in [-0.2, -0.15) is 0 Å². The Hall–Kier alpha value is -2.26. The summed E-state index contributed by atoms with van der Waals surface area (Å²) in [5.74, 6) is 0.0635. The smallest absolute Gasteiger partial charge is 0.335 e. The number of fused-ring (bicyclic) bond motifs is 2. The number of hydrogen-bond donors (Lipinski definition) is 1. The highest BCUT2D eigenvalue weighted by Gasteiger charge is 2.20. The lowest BCUT2D eigenvalue weighted by molar-refractivity contribution is 0.0697. The van der Waals surface area contributed by atoms with E-state index in [9.17, 15) is 9.90 Å². The highest BCUT2D eigenvalue weighted by Crippen LogP contribution is 2.37. The van der Waals surface area contributed by atoms with Crippen LogP contribution < -0.4 is 4.74 Å². The molecule has 0 aromatic heterocycles. The maximum atomic E-state index is 11.2. The first-order chi connectivity index (χ1) is 10.2. The second-order valence-electron chi connectivity index (χ2n) is 4.73. The fourth-order valence-corrected chi connectivity index (χ4v) is 2.66. The molecule has 3 nitrogen and oxygen atoms in total. The third-order valence-corrected chi connectivity index (χ3v) is 3.64. The van der Waals surface area contributed by atoms with Gasteiger partial charge in [0.25, 0.3) is 0 Å². The number of carboxylic acids is 1. The van der Waals surface area contributed by atoms with Crippen molar-refractivity contribution in [1.82, 2.24) is 0 Å². The molecule has 0 atom stereocenters. The molecule has 1 N–H and O–H groups in total. The zero-order valence-corrected chi connectivity index (χ0v) is 11.9. The van der Waals surface area contributed by atoms with E-state index in [4.69, 9.17) is 16.3 Å². The van der Waals surface area contributed by atoms with Gasteiger partial charge in [0.15, 0.2) is 0 Å². The maximum absolute atomic E-state index is 11.2.